The van der Waals surface area contributed by atoms with Crippen molar-refractivity contribution in [2.75, 3.05) is 11.1 Å². The van der Waals surface area contributed by atoms with E-state index in [0.29, 0.717) is 6.42 Å². The highest BCUT2D eigenvalue weighted by Gasteiger charge is 2.03. The Morgan fingerprint density at radius 3 is 2.56 bits per heavy atom. The Morgan fingerprint density at radius 1 is 1.12 bits per heavy atom. The molecule has 0 aliphatic rings. The maximum Gasteiger partial charge on any atom is 0.224 e. The van der Waals surface area contributed by atoms with Gasteiger partial charge < -0.3 is 9.88 Å². The molecular weight excluding hydrogens is 354 g/mol. The molecule has 0 fully saturated rings. The molecule has 0 spiro atoms. The predicted molar refractivity (Wildman–Crippen MR) is 104 cm³/mol. The summed E-state index contributed by atoms with van der Waals surface area (Å²) in [5.41, 5.74) is 1.81. The van der Waals surface area contributed by atoms with Crippen molar-refractivity contribution in [3.8, 4) is 5.69 Å². The molecule has 1 aromatic heterocycles. The molecule has 1 heterocycles. The third-order valence-electron chi connectivity index (χ3n) is 3.58. The molecule has 0 unspecified atom stereocenters. The van der Waals surface area contributed by atoms with E-state index < -0.39 is 0 Å². The van der Waals surface area contributed by atoms with Crippen LogP contribution in [-0.2, 0) is 4.79 Å². The smallest absolute Gasteiger partial charge is 0.224 e. The van der Waals surface area contributed by atoms with Gasteiger partial charge in [0.1, 0.15) is 0 Å². The van der Waals surface area contributed by atoms with Crippen LogP contribution in [0.3, 0.4) is 0 Å². The molecule has 0 atom stereocenters. The van der Waals surface area contributed by atoms with Crippen LogP contribution in [0.4, 0.5) is 5.69 Å². The largest absolute Gasteiger partial charge is 0.326 e. The van der Waals surface area contributed by atoms with E-state index in [4.69, 9.17) is 11.6 Å². The lowest BCUT2D eigenvalue weighted by molar-refractivity contribution is -0.116. The monoisotopic (exact) mass is 371 g/mol. The first kappa shape index (κ1) is 17.6. The van der Waals surface area contributed by atoms with E-state index in [0.717, 1.165) is 28.6 Å². The number of carbonyl (C=O) groups is 1. The van der Waals surface area contributed by atoms with Crippen molar-refractivity contribution in [2.24, 2.45) is 0 Å². The highest BCUT2D eigenvalue weighted by molar-refractivity contribution is 7.99. The van der Waals surface area contributed by atoms with E-state index in [1.54, 1.807) is 24.3 Å². The van der Waals surface area contributed by atoms with E-state index in [2.05, 4.69) is 10.3 Å². The molecule has 25 heavy (non-hydrogen) atoms. The second-order valence-electron chi connectivity index (χ2n) is 5.47. The van der Waals surface area contributed by atoms with Crippen molar-refractivity contribution in [1.82, 2.24) is 9.55 Å². The zero-order valence-corrected chi connectivity index (χ0v) is 15.1. The fraction of sp³-hybridized carbons (Fsp3) is 0.158. The van der Waals surface area contributed by atoms with Crippen LogP contribution in [0.5, 0.6) is 0 Å². The average molecular weight is 372 g/mol. The molecule has 3 rings (SSSR count). The standard InChI is InChI=1S/C19H18ClN3OS/c20-15-3-9-18(10-4-15)25-13-1-2-19(24)22-16-5-7-17(8-6-16)23-12-11-21-14-23/h3-12,14H,1-2,13H2,(H,22,24). The molecule has 6 heteroatoms. The fourth-order valence-corrected chi connectivity index (χ4v) is 3.28. The maximum atomic E-state index is 12.0. The van der Waals surface area contributed by atoms with Crippen molar-refractivity contribution in [2.45, 2.75) is 17.7 Å². The van der Waals surface area contributed by atoms with Gasteiger partial charge >= 0.3 is 0 Å². The zero-order valence-electron chi connectivity index (χ0n) is 13.6. The average Bonchev–Trinajstić information content (AvgIpc) is 3.15. The van der Waals surface area contributed by atoms with Crippen LogP contribution in [-0.4, -0.2) is 21.2 Å². The maximum absolute atomic E-state index is 12.0. The van der Waals surface area contributed by atoms with Crippen LogP contribution >= 0.6 is 23.4 Å². The third kappa shape index (κ3) is 5.37. The Hall–Kier alpha value is -2.24. The summed E-state index contributed by atoms with van der Waals surface area (Å²) in [4.78, 5) is 17.2. The summed E-state index contributed by atoms with van der Waals surface area (Å²) in [5.74, 6) is 0.932. The summed E-state index contributed by atoms with van der Waals surface area (Å²) < 4.78 is 1.92. The van der Waals surface area contributed by atoms with Gasteiger partial charge in [0.2, 0.25) is 5.91 Å². The quantitative estimate of drug-likeness (QED) is 0.467. The first-order valence-electron chi connectivity index (χ1n) is 7.97. The number of carbonyl (C=O) groups excluding carboxylic acids is 1. The van der Waals surface area contributed by atoms with Crippen LogP contribution in [0.2, 0.25) is 5.02 Å². The number of halogens is 1. The summed E-state index contributed by atoms with van der Waals surface area (Å²) >= 11 is 7.59. The van der Waals surface area contributed by atoms with Crippen molar-refractivity contribution in [3.63, 3.8) is 0 Å². The van der Waals surface area contributed by atoms with Gasteiger partial charge in [-0.05, 0) is 60.7 Å². The summed E-state index contributed by atoms with van der Waals surface area (Å²) in [5, 5.41) is 3.67. The van der Waals surface area contributed by atoms with Crippen LogP contribution in [0, 0.1) is 0 Å². The number of nitrogens with zero attached hydrogens (tertiary/aromatic N) is 2. The number of nitrogens with one attached hydrogen (secondary N) is 1. The highest BCUT2D eigenvalue weighted by Crippen LogP contribution is 2.21. The summed E-state index contributed by atoms with van der Waals surface area (Å²) in [7, 11) is 0. The number of amides is 1. The number of imidazole rings is 1. The van der Waals surface area contributed by atoms with Gasteiger partial charge in [-0.2, -0.15) is 0 Å². The molecule has 4 nitrogen and oxygen atoms in total. The van der Waals surface area contributed by atoms with Gasteiger partial charge in [-0.15, -0.1) is 11.8 Å². The zero-order chi connectivity index (χ0) is 17.5. The first-order valence-corrected chi connectivity index (χ1v) is 9.34. The Balaban J connectivity index is 1.41. The van der Waals surface area contributed by atoms with Gasteiger partial charge in [0.05, 0.1) is 6.33 Å². The molecule has 0 saturated heterocycles. The lowest BCUT2D eigenvalue weighted by atomic mass is 10.2. The molecule has 0 bridgehead atoms. The van der Waals surface area contributed by atoms with Crippen molar-refractivity contribution in [1.29, 1.82) is 0 Å². The van der Waals surface area contributed by atoms with E-state index in [1.165, 1.54) is 4.90 Å². The van der Waals surface area contributed by atoms with Crippen molar-refractivity contribution >= 4 is 35.0 Å². The molecule has 1 N–H and O–H groups in total. The minimum absolute atomic E-state index is 0.0343. The van der Waals surface area contributed by atoms with Crippen molar-refractivity contribution in [3.05, 3.63) is 72.3 Å². The Labute approximate surface area is 156 Å². The number of hydrogen-bond acceptors (Lipinski definition) is 3. The van der Waals surface area contributed by atoms with Gasteiger partial charge in [0.25, 0.3) is 0 Å². The lowest BCUT2D eigenvalue weighted by Crippen LogP contribution is -2.11. The lowest BCUT2D eigenvalue weighted by Gasteiger charge is -2.07. The van der Waals surface area contributed by atoms with E-state index in [-0.39, 0.29) is 5.91 Å². The number of rotatable bonds is 7. The molecule has 0 saturated carbocycles. The predicted octanol–water partition coefficient (Wildman–Crippen LogP) is 5.04. The van der Waals surface area contributed by atoms with Crippen LogP contribution in [0.15, 0.2) is 72.1 Å². The summed E-state index contributed by atoms with van der Waals surface area (Å²) in [6.07, 6.45) is 6.69. The van der Waals surface area contributed by atoms with E-state index in [1.807, 2.05) is 59.3 Å². The Kier molecular flexibility index (Phi) is 6.14. The van der Waals surface area contributed by atoms with Gasteiger partial charge in [-0.1, -0.05) is 11.6 Å². The number of thioether (sulfide) groups is 1. The minimum Gasteiger partial charge on any atom is -0.326 e. The topological polar surface area (TPSA) is 46.9 Å². The summed E-state index contributed by atoms with van der Waals surface area (Å²) in [6.45, 7) is 0. The van der Waals surface area contributed by atoms with Gasteiger partial charge in [0, 0.05) is 40.1 Å². The minimum atomic E-state index is 0.0343. The van der Waals surface area contributed by atoms with Gasteiger partial charge in [-0.25, -0.2) is 4.98 Å². The fourth-order valence-electron chi connectivity index (χ4n) is 2.31. The molecule has 0 aliphatic heterocycles. The van der Waals surface area contributed by atoms with E-state index >= 15 is 0 Å². The van der Waals surface area contributed by atoms with Crippen molar-refractivity contribution < 1.29 is 4.79 Å². The number of benzene rings is 2. The molecule has 2 aromatic carbocycles. The normalized spacial score (nSPS) is 10.6. The number of anilines is 1. The molecule has 128 valence electrons. The molecule has 0 radical (unpaired) electrons. The third-order valence-corrected chi connectivity index (χ3v) is 4.93. The van der Waals surface area contributed by atoms with Crippen LogP contribution < -0.4 is 5.32 Å². The van der Waals surface area contributed by atoms with Crippen LogP contribution in [0.1, 0.15) is 12.8 Å². The molecule has 3 aromatic rings. The Bertz CT molecular complexity index is 802. The Morgan fingerprint density at radius 2 is 1.88 bits per heavy atom. The second kappa shape index (κ2) is 8.74. The SMILES string of the molecule is O=C(CCCSc1ccc(Cl)cc1)Nc1ccc(-n2ccnc2)cc1. The van der Waals surface area contributed by atoms with Crippen LogP contribution in [0.25, 0.3) is 5.69 Å². The van der Waals surface area contributed by atoms with E-state index in [9.17, 15) is 4.79 Å². The second-order valence-corrected chi connectivity index (χ2v) is 7.08. The first-order chi connectivity index (χ1) is 12.2. The number of hydrogen-bond donors (Lipinski definition) is 1. The highest BCUT2D eigenvalue weighted by atomic mass is 35.5. The number of aromatic nitrogens is 2. The molecular formula is C19H18ClN3OS. The van der Waals surface area contributed by atoms with Gasteiger partial charge in [-0.3, -0.25) is 4.79 Å². The molecule has 0 aliphatic carbocycles. The van der Waals surface area contributed by atoms with Gasteiger partial charge in [0.15, 0.2) is 0 Å². The molecule has 1 amide bonds. The summed E-state index contributed by atoms with van der Waals surface area (Å²) in [6, 6.07) is 15.4.